The van der Waals surface area contributed by atoms with Gasteiger partial charge < -0.3 is 15.2 Å². The van der Waals surface area contributed by atoms with Gasteiger partial charge in [0.25, 0.3) is 0 Å². The summed E-state index contributed by atoms with van der Waals surface area (Å²) in [5, 5.41) is 12.4. The Hall–Kier alpha value is -1.85. The fourth-order valence-corrected chi connectivity index (χ4v) is 1.05. The number of nitrogens with zero attached hydrogens (tertiary/aromatic N) is 2. The van der Waals surface area contributed by atoms with E-state index in [4.69, 9.17) is 4.74 Å². The number of nitrogens with one attached hydrogen (secondary N) is 1. The first-order chi connectivity index (χ1) is 7.69. The van der Waals surface area contributed by atoms with Crippen LogP contribution in [0.4, 0.5) is 5.95 Å². The van der Waals surface area contributed by atoms with Crippen LogP contribution in [0.25, 0.3) is 0 Å². The molecule has 16 heavy (non-hydrogen) atoms. The quantitative estimate of drug-likeness (QED) is 0.732. The van der Waals surface area contributed by atoms with Gasteiger partial charge in [-0.15, -0.1) is 0 Å². The molecule has 0 aliphatic carbocycles. The molecule has 0 fully saturated rings. The number of anilines is 1. The van der Waals surface area contributed by atoms with Crippen molar-refractivity contribution < 1.29 is 14.6 Å². The van der Waals surface area contributed by atoms with E-state index in [-0.39, 0.29) is 18.1 Å². The normalized spacial score (nSPS) is 9.88. The SMILES string of the molecule is CCCNc1ncc(C(=O)OCC)c(O)n1. The van der Waals surface area contributed by atoms with Crippen LogP contribution in [0.15, 0.2) is 6.20 Å². The smallest absolute Gasteiger partial charge is 0.345 e. The molecule has 1 aromatic heterocycles. The van der Waals surface area contributed by atoms with Crippen molar-refractivity contribution in [3.05, 3.63) is 11.8 Å². The Bertz CT molecular complexity index is 368. The molecule has 0 aliphatic rings. The summed E-state index contributed by atoms with van der Waals surface area (Å²) in [5.41, 5.74) is -0.0242. The average molecular weight is 225 g/mol. The van der Waals surface area contributed by atoms with Crippen LogP contribution in [0.2, 0.25) is 0 Å². The van der Waals surface area contributed by atoms with Gasteiger partial charge >= 0.3 is 5.97 Å². The van der Waals surface area contributed by atoms with Gasteiger partial charge in [0.15, 0.2) is 0 Å². The van der Waals surface area contributed by atoms with Crippen molar-refractivity contribution in [3.63, 3.8) is 0 Å². The monoisotopic (exact) mass is 225 g/mol. The molecule has 0 saturated heterocycles. The lowest BCUT2D eigenvalue weighted by atomic mass is 10.3. The second-order valence-electron chi connectivity index (χ2n) is 3.08. The molecule has 6 nitrogen and oxygen atoms in total. The molecule has 0 bridgehead atoms. The largest absolute Gasteiger partial charge is 0.493 e. The van der Waals surface area contributed by atoms with Gasteiger partial charge in [-0.1, -0.05) is 6.92 Å². The van der Waals surface area contributed by atoms with Crippen molar-refractivity contribution in [2.24, 2.45) is 0 Å². The van der Waals surface area contributed by atoms with Gasteiger partial charge in [-0.25, -0.2) is 9.78 Å². The van der Waals surface area contributed by atoms with Crippen LogP contribution in [0.1, 0.15) is 30.6 Å². The van der Waals surface area contributed by atoms with Gasteiger partial charge in [0.05, 0.1) is 12.8 Å². The number of esters is 1. The van der Waals surface area contributed by atoms with E-state index in [0.717, 1.165) is 6.42 Å². The molecule has 0 amide bonds. The maximum absolute atomic E-state index is 11.3. The third-order valence-electron chi connectivity index (χ3n) is 1.80. The molecule has 88 valence electrons. The summed E-state index contributed by atoms with van der Waals surface area (Å²) in [7, 11) is 0. The Kier molecular flexibility index (Phi) is 4.50. The van der Waals surface area contributed by atoms with Crippen LogP contribution in [-0.4, -0.2) is 34.2 Å². The predicted octanol–water partition coefficient (Wildman–Crippen LogP) is 1.18. The fourth-order valence-electron chi connectivity index (χ4n) is 1.05. The summed E-state index contributed by atoms with van der Waals surface area (Å²) >= 11 is 0. The number of hydrogen-bond acceptors (Lipinski definition) is 6. The van der Waals surface area contributed by atoms with Crippen molar-refractivity contribution in [1.82, 2.24) is 9.97 Å². The van der Waals surface area contributed by atoms with E-state index in [1.807, 2.05) is 6.92 Å². The maximum Gasteiger partial charge on any atom is 0.345 e. The van der Waals surface area contributed by atoms with E-state index < -0.39 is 5.97 Å². The highest BCUT2D eigenvalue weighted by Crippen LogP contribution is 2.15. The Labute approximate surface area is 93.7 Å². The van der Waals surface area contributed by atoms with Crippen molar-refractivity contribution in [2.45, 2.75) is 20.3 Å². The molecule has 6 heteroatoms. The number of aromatic hydroxyl groups is 1. The van der Waals surface area contributed by atoms with E-state index in [0.29, 0.717) is 12.5 Å². The summed E-state index contributed by atoms with van der Waals surface area (Å²) < 4.78 is 4.73. The molecule has 1 aromatic rings. The molecule has 2 N–H and O–H groups in total. The Morgan fingerprint density at radius 3 is 2.88 bits per heavy atom. The molecule has 0 spiro atoms. The number of carbonyl (C=O) groups excluding carboxylic acids is 1. The molecule has 0 atom stereocenters. The Morgan fingerprint density at radius 2 is 2.31 bits per heavy atom. The summed E-state index contributed by atoms with van der Waals surface area (Å²) in [6, 6.07) is 0. The number of aromatic nitrogens is 2. The second-order valence-corrected chi connectivity index (χ2v) is 3.08. The van der Waals surface area contributed by atoms with Crippen molar-refractivity contribution >= 4 is 11.9 Å². The van der Waals surface area contributed by atoms with Gasteiger partial charge in [0.1, 0.15) is 5.56 Å². The number of hydrogen-bond donors (Lipinski definition) is 2. The predicted molar refractivity (Wildman–Crippen MR) is 58.4 cm³/mol. The average Bonchev–Trinajstić information content (AvgIpc) is 2.26. The lowest BCUT2D eigenvalue weighted by Gasteiger charge is -2.06. The third-order valence-corrected chi connectivity index (χ3v) is 1.80. The maximum atomic E-state index is 11.3. The molecule has 0 aromatic carbocycles. The standard InChI is InChI=1S/C10H15N3O3/c1-3-5-11-10-12-6-7(8(14)13-10)9(15)16-4-2/h6H,3-5H2,1-2H3,(H2,11,12,13,14). The van der Waals surface area contributed by atoms with E-state index in [9.17, 15) is 9.90 Å². The van der Waals surface area contributed by atoms with Gasteiger partial charge in [0.2, 0.25) is 11.8 Å². The first-order valence-corrected chi connectivity index (χ1v) is 5.16. The molecule has 1 heterocycles. The van der Waals surface area contributed by atoms with Gasteiger partial charge in [-0.05, 0) is 13.3 Å². The highest BCUT2D eigenvalue weighted by atomic mass is 16.5. The lowest BCUT2D eigenvalue weighted by Crippen LogP contribution is -2.09. The third kappa shape index (κ3) is 3.08. The van der Waals surface area contributed by atoms with Gasteiger partial charge in [0, 0.05) is 6.54 Å². The zero-order chi connectivity index (χ0) is 12.0. The van der Waals surface area contributed by atoms with E-state index in [1.54, 1.807) is 6.92 Å². The minimum absolute atomic E-state index is 0.0242. The lowest BCUT2D eigenvalue weighted by molar-refractivity contribution is 0.0521. The van der Waals surface area contributed by atoms with Crippen molar-refractivity contribution in [1.29, 1.82) is 0 Å². The minimum atomic E-state index is -0.623. The molecule has 0 unspecified atom stereocenters. The van der Waals surface area contributed by atoms with Crippen LogP contribution in [0.5, 0.6) is 5.88 Å². The Balaban J connectivity index is 2.78. The van der Waals surface area contributed by atoms with Crippen LogP contribution in [0.3, 0.4) is 0 Å². The molecular formula is C10H15N3O3. The van der Waals surface area contributed by atoms with Crippen LogP contribution >= 0.6 is 0 Å². The van der Waals surface area contributed by atoms with E-state index in [2.05, 4.69) is 15.3 Å². The highest BCUT2D eigenvalue weighted by molar-refractivity contribution is 5.91. The molecule has 0 saturated carbocycles. The number of ether oxygens (including phenoxy) is 1. The van der Waals surface area contributed by atoms with Gasteiger partial charge in [-0.2, -0.15) is 4.98 Å². The molecule has 0 aliphatic heterocycles. The van der Waals surface area contributed by atoms with E-state index >= 15 is 0 Å². The first-order valence-electron chi connectivity index (χ1n) is 5.16. The zero-order valence-electron chi connectivity index (χ0n) is 9.36. The van der Waals surface area contributed by atoms with Crippen molar-refractivity contribution in [2.75, 3.05) is 18.5 Å². The molecular weight excluding hydrogens is 210 g/mol. The topological polar surface area (TPSA) is 84.3 Å². The van der Waals surface area contributed by atoms with Gasteiger partial charge in [-0.3, -0.25) is 0 Å². The molecule has 1 rings (SSSR count). The summed E-state index contributed by atoms with van der Waals surface area (Å²) in [6.45, 7) is 4.64. The summed E-state index contributed by atoms with van der Waals surface area (Å²) in [5.74, 6) is -0.693. The minimum Gasteiger partial charge on any atom is -0.493 e. The highest BCUT2D eigenvalue weighted by Gasteiger charge is 2.14. The fraction of sp³-hybridized carbons (Fsp3) is 0.500. The van der Waals surface area contributed by atoms with Crippen LogP contribution < -0.4 is 5.32 Å². The van der Waals surface area contributed by atoms with Crippen LogP contribution in [-0.2, 0) is 4.74 Å². The van der Waals surface area contributed by atoms with E-state index in [1.165, 1.54) is 6.20 Å². The van der Waals surface area contributed by atoms with Crippen molar-refractivity contribution in [3.8, 4) is 5.88 Å². The van der Waals surface area contributed by atoms with Crippen LogP contribution in [0, 0.1) is 0 Å². The summed E-state index contributed by atoms with van der Waals surface area (Å²) in [4.78, 5) is 19.0. The molecule has 0 radical (unpaired) electrons. The zero-order valence-corrected chi connectivity index (χ0v) is 9.36. The second kappa shape index (κ2) is 5.89. The summed E-state index contributed by atoms with van der Waals surface area (Å²) in [6.07, 6.45) is 2.17. The Morgan fingerprint density at radius 1 is 1.56 bits per heavy atom. The number of carbonyl (C=O) groups is 1. The first kappa shape index (κ1) is 12.2. The number of rotatable bonds is 5.